The number of likely N-dealkylation sites (N-methyl/N-ethyl adjacent to an activating group) is 1. The van der Waals surface area contributed by atoms with Gasteiger partial charge in [-0.05, 0) is 53.0 Å². The molecule has 118 valence electrons. The van der Waals surface area contributed by atoms with Crippen LogP contribution in [0, 0.1) is 0 Å². The molecular weight excluding hydrogens is 256 g/mol. The minimum Gasteiger partial charge on any atom is -0.444 e. The molecule has 0 aromatic carbocycles. The topological polar surface area (TPSA) is 59.6 Å². The molecule has 0 heterocycles. The van der Waals surface area contributed by atoms with Crippen LogP contribution < -0.4 is 10.6 Å². The summed E-state index contributed by atoms with van der Waals surface area (Å²) in [6.07, 6.45) is 3.97. The summed E-state index contributed by atoms with van der Waals surface area (Å²) in [5.74, 6) is 0. The van der Waals surface area contributed by atoms with Crippen molar-refractivity contribution in [3.8, 4) is 0 Å². The van der Waals surface area contributed by atoms with Gasteiger partial charge in [0.05, 0.1) is 12.7 Å². The molecule has 0 aliphatic heterocycles. The Morgan fingerprint density at radius 1 is 1.20 bits per heavy atom. The maximum absolute atomic E-state index is 11.7. The lowest BCUT2D eigenvalue weighted by molar-refractivity contribution is 0.0196. The fraction of sp³-hybridized carbons (Fsp3) is 0.933. The lowest BCUT2D eigenvalue weighted by Crippen LogP contribution is -2.42. The van der Waals surface area contributed by atoms with Crippen molar-refractivity contribution in [1.82, 2.24) is 10.6 Å². The highest BCUT2D eigenvalue weighted by Gasteiger charge is 2.24. The van der Waals surface area contributed by atoms with Crippen LogP contribution in [0.5, 0.6) is 0 Å². The van der Waals surface area contributed by atoms with Gasteiger partial charge < -0.3 is 20.1 Å². The first kappa shape index (κ1) is 17.2. The molecule has 1 amide bonds. The van der Waals surface area contributed by atoms with E-state index >= 15 is 0 Å². The molecule has 0 atom stereocenters. The third-order valence-electron chi connectivity index (χ3n) is 3.28. The summed E-state index contributed by atoms with van der Waals surface area (Å²) in [6, 6.07) is 0.221. The zero-order valence-electron chi connectivity index (χ0n) is 13.3. The van der Waals surface area contributed by atoms with Crippen molar-refractivity contribution in [3.63, 3.8) is 0 Å². The van der Waals surface area contributed by atoms with Crippen molar-refractivity contribution in [2.45, 2.75) is 71.1 Å². The van der Waals surface area contributed by atoms with Crippen LogP contribution in [0.3, 0.4) is 0 Å². The fourth-order valence-electron chi connectivity index (χ4n) is 2.32. The van der Waals surface area contributed by atoms with Crippen molar-refractivity contribution in [2.75, 3.05) is 19.7 Å². The zero-order chi connectivity index (χ0) is 15.0. The normalized spacial score (nSPS) is 23.4. The van der Waals surface area contributed by atoms with Crippen molar-refractivity contribution < 1.29 is 14.3 Å². The number of nitrogens with one attached hydrogen (secondary N) is 2. The third kappa shape index (κ3) is 7.70. The predicted molar refractivity (Wildman–Crippen MR) is 79.9 cm³/mol. The second kappa shape index (κ2) is 8.47. The van der Waals surface area contributed by atoms with Crippen molar-refractivity contribution in [1.29, 1.82) is 0 Å². The van der Waals surface area contributed by atoms with E-state index in [1.807, 2.05) is 20.8 Å². The predicted octanol–water partition coefficient (Wildman–Crippen LogP) is 2.45. The maximum atomic E-state index is 11.7. The Labute approximate surface area is 122 Å². The SMILES string of the molecule is CCNCCOC1CCC(NC(=O)OC(C)(C)C)CC1. The number of amides is 1. The third-order valence-corrected chi connectivity index (χ3v) is 3.28. The number of carbonyl (C=O) groups excluding carboxylic acids is 1. The molecule has 5 heteroatoms. The van der Waals surface area contributed by atoms with E-state index in [1.165, 1.54) is 0 Å². The smallest absolute Gasteiger partial charge is 0.407 e. The molecule has 2 N–H and O–H groups in total. The monoisotopic (exact) mass is 286 g/mol. The number of hydrogen-bond acceptors (Lipinski definition) is 4. The number of alkyl carbamates (subject to hydrolysis) is 1. The summed E-state index contributed by atoms with van der Waals surface area (Å²) in [4.78, 5) is 11.7. The summed E-state index contributed by atoms with van der Waals surface area (Å²) in [5, 5.41) is 6.19. The first-order valence-electron chi connectivity index (χ1n) is 7.72. The number of hydrogen-bond donors (Lipinski definition) is 2. The van der Waals surface area contributed by atoms with Gasteiger partial charge in [0.15, 0.2) is 0 Å². The highest BCUT2D eigenvalue weighted by atomic mass is 16.6. The van der Waals surface area contributed by atoms with Gasteiger partial charge in [-0.25, -0.2) is 4.79 Å². The molecule has 1 rings (SSSR count). The molecule has 20 heavy (non-hydrogen) atoms. The second-order valence-corrected chi connectivity index (χ2v) is 6.34. The molecule has 0 unspecified atom stereocenters. The molecule has 5 nitrogen and oxygen atoms in total. The van der Waals surface area contributed by atoms with Crippen molar-refractivity contribution >= 4 is 6.09 Å². The van der Waals surface area contributed by atoms with Gasteiger partial charge in [0, 0.05) is 12.6 Å². The zero-order valence-corrected chi connectivity index (χ0v) is 13.3. The van der Waals surface area contributed by atoms with E-state index < -0.39 is 5.60 Å². The highest BCUT2D eigenvalue weighted by Crippen LogP contribution is 2.21. The van der Waals surface area contributed by atoms with E-state index in [-0.39, 0.29) is 12.1 Å². The Morgan fingerprint density at radius 3 is 2.40 bits per heavy atom. The summed E-state index contributed by atoms with van der Waals surface area (Å²) < 4.78 is 11.1. The molecule has 1 aliphatic rings. The van der Waals surface area contributed by atoms with Gasteiger partial charge in [-0.15, -0.1) is 0 Å². The molecule has 0 radical (unpaired) electrons. The molecule has 0 saturated heterocycles. The van der Waals surface area contributed by atoms with Crippen LogP contribution in [0.25, 0.3) is 0 Å². The Hall–Kier alpha value is -0.810. The van der Waals surface area contributed by atoms with E-state index in [2.05, 4.69) is 17.6 Å². The van der Waals surface area contributed by atoms with Crippen molar-refractivity contribution in [3.05, 3.63) is 0 Å². The first-order valence-corrected chi connectivity index (χ1v) is 7.72. The molecule has 0 spiro atoms. The summed E-state index contributed by atoms with van der Waals surface area (Å²) >= 11 is 0. The van der Waals surface area contributed by atoms with Gasteiger partial charge in [-0.1, -0.05) is 6.92 Å². The average Bonchev–Trinajstić information content (AvgIpc) is 2.34. The minimum absolute atomic E-state index is 0.221. The Kier molecular flexibility index (Phi) is 7.30. The summed E-state index contributed by atoms with van der Waals surface area (Å²) in [7, 11) is 0. The van der Waals surface area contributed by atoms with E-state index in [9.17, 15) is 4.79 Å². The quantitative estimate of drug-likeness (QED) is 0.736. The Morgan fingerprint density at radius 2 is 1.85 bits per heavy atom. The molecule has 0 aromatic heterocycles. The van der Waals surface area contributed by atoms with Crippen LogP contribution in [-0.2, 0) is 9.47 Å². The maximum Gasteiger partial charge on any atom is 0.407 e. The Balaban J connectivity index is 2.14. The molecular formula is C15H30N2O3. The molecule has 1 fully saturated rings. The number of carbonyl (C=O) groups is 1. The van der Waals surface area contributed by atoms with Gasteiger partial charge in [-0.2, -0.15) is 0 Å². The van der Waals surface area contributed by atoms with Crippen LogP contribution in [0.4, 0.5) is 4.79 Å². The Bertz CT molecular complexity index is 281. The van der Waals surface area contributed by atoms with Gasteiger partial charge in [0.1, 0.15) is 5.60 Å². The highest BCUT2D eigenvalue weighted by molar-refractivity contribution is 5.68. The number of rotatable bonds is 6. The largest absolute Gasteiger partial charge is 0.444 e. The van der Waals surface area contributed by atoms with E-state index in [1.54, 1.807) is 0 Å². The molecule has 1 saturated carbocycles. The lowest BCUT2D eigenvalue weighted by Gasteiger charge is -2.30. The minimum atomic E-state index is -0.434. The van der Waals surface area contributed by atoms with E-state index in [0.29, 0.717) is 6.10 Å². The second-order valence-electron chi connectivity index (χ2n) is 6.34. The van der Waals surface area contributed by atoms with E-state index in [0.717, 1.165) is 45.4 Å². The van der Waals surface area contributed by atoms with Crippen LogP contribution in [0.1, 0.15) is 53.4 Å². The van der Waals surface area contributed by atoms with Gasteiger partial charge in [-0.3, -0.25) is 0 Å². The van der Waals surface area contributed by atoms with Gasteiger partial charge in [0.2, 0.25) is 0 Å². The standard InChI is InChI=1S/C15H30N2O3/c1-5-16-10-11-19-13-8-6-12(7-9-13)17-14(18)20-15(2,3)4/h12-13,16H,5-11H2,1-4H3,(H,17,18). The van der Waals surface area contributed by atoms with Crippen LogP contribution >= 0.6 is 0 Å². The lowest BCUT2D eigenvalue weighted by atomic mass is 9.93. The van der Waals surface area contributed by atoms with Crippen LogP contribution in [0.2, 0.25) is 0 Å². The van der Waals surface area contributed by atoms with Gasteiger partial charge in [0.25, 0.3) is 0 Å². The first-order chi connectivity index (χ1) is 9.40. The van der Waals surface area contributed by atoms with Crippen LogP contribution in [-0.4, -0.2) is 43.5 Å². The van der Waals surface area contributed by atoms with Crippen LogP contribution in [0.15, 0.2) is 0 Å². The van der Waals surface area contributed by atoms with Gasteiger partial charge >= 0.3 is 6.09 Å². The molecule has 1 aliphatic carbocycles. The average molecular weight is 286 g/mol. The van der Waals surface area contributed by atoms with Crippen molar-refractivity contribution in [2.24, 2.45) is 0 Å². The molecule has 0 bridgehead atoms. The summed E-state index contributed by atoms with van der Waals surface area (Å²) in [5.41, 5.74) is -0.434. The van der Waals surface area contributed by atoms with E-state index in [4.69, 9.17) is 9.47 Å². The fourth-order valence-corrected chi connectivity index (χ4v) is 2.32. The summed E-state index contributed by atoms with van der Waals surface area (Å²) in [6.45, 7) is 10.4. The molecule has 0 aromatic rings. The number of ether oxygens (including phenoxy) is 2.